The van der Waals surface area contributed by atoms with Gasteiger partial charge in [0.05, 0.1) is 16.6 Å². The molecule has 0 saturated carbocycles. The zero-order valence-corrected chi connectivity index (χ0v) is 16.3. The van der Waals surface area contributed by atoms with Crippen molar-refractivity contribution < 1.29 is 22.7 Å². The van der Waals surface area contributed by atoms with Gasteiger partial charge in [-0.25, -0.2) is 13.6 Å². The topological polar surface area (TPSA) is 110 Å². The van der Waals surface area contributed by atoms with Crippen LogP contribution in [0.2, 0.25) is 0 Å². The zero-order valence-electron chi connectivity index (χ0n) is 15.5. The summed E-state index contributed by atoms with van der Waals surface area (Å²) in [5.74, 6) is -0.0469. The van der Waals surface area contributed by atoms with E-state index in [9.17, 15) is 18.0 Å². The minimum atomic E-state index is -3.84. The summed E-state index contributed by atoms with van der Waals surface area (Å²) in [6, 6.07) is 12.7. The monoisotopic (exact) mass is 403 g/mol. The fourth-order valence-electron chi connectivity index (χ4n) is 2.97. The molecule has 1 heterocycles. The lowest BCUT2D eigenvalue weighted by Crippen LogP contribution is -2.46. The minimum Gasteiger partial charge on any atom is -0.482 e. The van der Waals surface area contributed by atoms with Crippen LogP contribution in [0.1, 0.15) is 18.5 Å². The van der Waals surface area contributed by atoms with E-state index in [0.29, 0.717) is 17.0 Å². The minimum absolute atomic E-state index is 0.0185. The first-order valence-corrected chi connectivity index (χ1v) is 10.1. The highest BCUT2D eigenvalue weighted by molar-refractivity contribution is 7.89. The maximum Gasteiger partial charge on any atom is 0.265 e. The van der Waals surface area contributed by atoms with Crippen molar-refractivity contribution >= 4 is 27.5 Å². The van der Waals surface area contributed by atoms with Crippen molar-refractivity contribution in [3.8, 4) is 5.75 Å². The number of para-hydroxylation sites is 2. The van der Waals surface area contributed by atoms with Gasteiger partial charge in [-0.3, -0.25) is 14.5 Å². The van der Waals surface area contributed by atoms with Crippen molar-refractivity contribution in [3.63, 3.8) is 0 Å². The van der Waals surface area contributed by atoms with E-state index in [2.05, 4.69) is 0 Å². The van der Waals surface area contributed by atoms with Crippen LogP contribution in [0.4, 0.5) is 5.69 Å². The van der Waals surface area contributed by atoms with Gasteiger partial charge in [0, 0.05) is 7.05 Å². The Labute approximate surface area is 163 Å². The average molecular weight is 403 g/mol. The summed E-state index contributed by atoms with van der Waals surface area (Å²) >= 11 is 0. The number of amides is 2. The molecule has 0 radical (unpaired) electrons. The van der Waals surface area contributed by atoms with Gasteiger partial charge in [0.1, 0.15) is 12.3 Å². The van der Waals surface area contributed by atoms with E-state index in [0.717, 1.165) is 0 Å². The number of primary sulfonamides is 1. The predicted molar refractivity (Wildman–Crippen MR) is 103 cm³/mol. The van der Waals surface area contributed by atoms with Crippen LogP contribution in [-0.2, 0) is 19.6 Å². The van der Waals surface area contributed by atoms with E-state index in [1.807, 2.05) is 0 Å². The van der Waals surface area contributed by atoms with Crippen LogP contribution < -0.4 is 14.8 Å². The second-order valence-electron chi connectivity index (χ2n) is 6.53. The molecule has 2 N–H and O–H groups in total. The molecule has 1 unspecified atom stereocenters. The van der Waals surface area contributed by atoms with Crippen molar-refractivity contribution in [2.75, 3.05) is 25.1 Å². The highest BCUT2D eigenvalue weighted by atomic mass is 32.2. The summed E-state index contributed by atoms with van der Waals surface area (Å²) in [5.41, 5.74) is 1.17. The smallest absolute Gasteiger partial charge is 0.265 e. The molecule has 2 aromatic carbocycles. The summed E-state index contributed by atoms with van der Waals surface area (Å²) in [6.07, 6.45) is 0. The lowest BCUT2D eigenvalue weighted by Gasteiger charge is -2.32. The van der Waals surface area contributed by atoms with Gasteiger partial charge < -0.3 is 9.64 Å². The third-order valence-electron chi connectivity index (χ3n) is 4.74. The van der Waals surface area contributed by atoms with E-state index in [-0.39, 0.29) is 29.9 Å². The van der Waals surface area contributed by atoms with E-state index in [1.165, 1.54) is 21.9 Å². The average Bonchev–Trinajstić information content (AvgIpc) is 2.68. The van der Waals surface area contributed by atoms with Gasteiger partial charge in [-0.1, -0.05) is 24.3 Å². The van der Waals surface area contributed by atoms with Crippen molar-refractivity contribution in [2.24, 2.45) is 5.14 Å². The molecular formula is C19H21N3O5S. The van der Waals surface area contributed by atoms with Crippen LogP contribution in [0.25, 0.3) is 0 Å². The summed E-state index contributed by atoms with van der Waals surface area (Å²) in [6.45, 7) is 1.50. The summed E-state index contributed by atoms with van der Waals surface area (Å²) in [7, 11) is -2.23. The van der Waals surface area contributed by atoms with Crippen molar-refractivity contribution in [2.45, 2.75) is 17.9 Å². The molecule has 148 valence electrons. The third kappa shape index (κ3) is 4.00. The SMILES string of the molecule is CC(c1cccc(S(N)(=O)=O)c1)N(C)C(=O)CN1C(=O)COc2ccccc21. The van der Waals surface area contributed by atoms with Gasteiger partial charge in [0.15, 0.2) is 6.61 Å². The molecule has 0 fully saturated rings. The lowest BCUT2D eigenvalue weighted by molar-refractivity contribution is -0.132. The van der Waals surface area contributed by atoms with Crippen LogP contribution in [-0.4, -0.2) is 45.3 Å². The third-order valence-corrected chi connectivity index (χ3v) is 5.66. The first-order valence-electron chi connectivity index (χ1n) is 8.59. The molecule has 8 nitrogen and oxygen atoms in total. The molecule has 0 aromatic heterocycles. The molecule has 0 spiro atoms. The van der Waals surface area contributed by atoms with Gasteiger partial charge in [-0.2, -0.15) is 0 Å². The van der Waals surface area contributed by atoms with E-state index < -0.39 is 16.1 Å². The summed E-state index contributed by atoms with van der Waals surface area (Å²) < 4.78 is 28.5. The Bertz CT molecular complexity index is 1020. The Morgan fingerprint density at radius 2 is 1.96 bits per heavy atom. The number of nitrogens with zero attached hydrogens (tertiary/aromatic N) is 2. The maximum atomic E-state index is 12.8. The van der Waals surface area contributed by atoms with Crippen LogP contribution in [0.3, 0.4) is 0 Å². The van der Waals surface area contributed by atoms with Gasteiger partial charge in [-0.15, -0.1) is 0 Å². The Kier molecular flexibility index (Phi) is 5.39. The Morgan fingerprint density at radius 3 is 2.68 bits per heavy atom. The first-order chi connectivity index (χ1) is 13.2. The van der Waals surface area contributed by atoms with Crippen LogP contribution >= 0.6 is 0 Å². The Hall–Kier alpha value is -2.91. The quantitative estimate of drug-likeness (QED) is 0.809. The van der Waals surface area contributed by atoms with Crippen molar-refractivity contribution in [3.05, 3.63) is 54.1 Å². The second kappa shape index (κ2) is 7.61. The molecule has 28 heavy (non-hydrogen) atoms. The number of nitrogens with two attached hydrogens (primary N) is 1. The number of rotatable bonds is 5. The summed E-state index contributed by atoms with van der Waals surface area (Å²) in [4.78, 5) is 27.9. The number of carbonyl (C=O) groups is 2. The van der Waals surface area contributed by atoms with Crippen LogP contribution in [0, 0.1) is 0 Å². The highest BCUT2D eigenvalue weighted by Crippen LogP contribution is 2.31. The molecule has 1 atom stereocenters. The van der Waals surface area contributed by atoms with E-state index in [4.69, 9.17) is 9.88 Å². The van der Waals surface area contributed by atoms with Crippen molar-refractivity contribution in [1.29, 1.82) is 0 Å². The maximum absolute atomic E-state index is 12.8. The van der Waals surface area contributed by atoms with Crippen LogP contribution in [0.15, 0.2) is 53.4 Å². The second-order valence-corrected chi connectivity index (χ2v) is 8.10. The number of ether oxygens (including phenoxy) is 1. The molecule has 2 aromatic rings. The van der Waals surface area contributed by atoms with Crippen molar-refractivity contribution in [1.82, 2.24) is 4.90 Å². The standard InChI is InChI=1S/C19H21N3O5S/c1-13(14-6-5-7-15(10-14)28(20,25)26)21(2)18(23)11-22-16-8-3-4-9-17(16)27-12-19(22)24/h3-10,13H,11-12H2,1-2H3,(H2,20,25,26). The molecule has 1 aliphatic rings. The lowest BCUT2D eigenvalue weighted by atomic mass is 10.1. The van der Waals surface area contributed by atoms with Crippen LogP contribution in [0.5, 0.6) is 5.75 Å². The molecular weight excluding hydrogens is 382 g/mol. The molecule has 9 heteroatoms. The molecule has 0 bridgehead atoms. The zero-order chi connectivity index (χ0) is 20.5. The predicted octanol–water partition coefficient (Wildman–Crippen LogP) is 1.28. The van der Waals surface area contributed by atoms with Gasteiger partial charge >= 0.3 is 0 Å². The number of likely N-dealkylation sites (N-methyl/N-ethyl adjacent to an activating group) is 1. The normalized spacial score (nSPS) is 14.8. The summed E-state index contributed by atoms with van der Waals surface area (Å²) in [5, 5.41) is 5.18. The highest BCUT2D eigenvalue weighted by Gasteiger charge is 2.29. The largest absolute Gasteiger partial charge is 0.482 e. The molecule has 0 saturated heterocycles. The number of fused-ring (bicyclic) bond motifs is 1. The number of benzene rings is 2. The van der Waals surface area contributed by atoms with Gasteiger partial charge in [-0.05, 0) is 36.8 Å². The van der Waals surface area contributed by atoms with E-state index in [1.54, 1.807) is 50.4 Å². The van der Waals surface area contributed by atoms with Gasteiger partial charge in [0.2, 0.25) is 15.9 Å². The van der Waals surface area contributed by atoms with E-state index >= 15 is 0 Å². The number of hydrogen-bond donors (Lipinski definition) is 1. The molecule has 2 amide bonds. The number of hydrogen-bond acceptors (Lipinski definition) is 5. The Morgan fingerprint density at radius 1 is 1.25 bits per heavy atom. The molecule has 1 aliphatic heterocycles. The molecule has 0 aliphatic carbocycles. The molecule has 3 rings (SSSR count). The number of sulfonamides is 1. The number of anilines is 1. The fraction of sp³-hybridized carbons (Fsp3) is 0.263. The van der Waals surface area contributed by atoms with Gasteiger partial charge in [0.25, 0.3) is 5.91 Å². The number of carbonyl (C=O) groups excluding carboxylic acids is 2. The first kappa shape index (κ1) is 19.8. The Balaban J connectivity index is 1.79. The fourth-order valence-corrected chi connectivity index (χ4v) is 3.53.